The SMILES string of the molecule is COc1c(C(C)n2nc(C)c3c(N)ncnc32)cc(Cl)c(C)c1NC(=O)c1ccccn1. The van der Waals surface area contributed by atoms with Crippen molar-refractivity contribution in [1.82, 2.24) is 24.7 Å². The molecule has 0 spiro atoms. The number of nitrogens with two attached hydrogens (primary N) is 1. The summed E-state index contributed by atoms with van der Waals surface area (Å²) in [4.78, 5) is 25.3. The Bertz CT molecular complexity index is 1320. The van der Waals surface area contributed by atoms with E-state index in [1.54, 1.807) is 36.2 Å². The molecule has 0 radical (unpaired) electrons. The molecule has 10 heteroatoms. The van der Waals surface area contributed by atoms with Crippen LogP contribution in [-0.2, 0) is 0 Å². The Kier molecular flexibility index (Phi) is 5.67. The highest BCUT2D eigenvalue weighted by Crippen LogP contribution is 2.41. The highest BCUT2D eigenvalue weighted by atomic mass is 35.5. The van der Waals surface area contributed by atoms with E-state index >= 15 is 0 Å². The van der Waals surface area contributed by atoms with E-state index in [1.165, 1.54) is 6.33 Å². The smallest absolute Gasteiger partial charge is 0.274 e. The van der Waals surface area contributed by atoms with Crippen molar-refractivity contribution in [3.8, 4) is 5.75 Å². The number of methoxy groups -OCH3 is 1. The fraction of sp³-hybridized carbons (Fsp3) is 0.227. The number of carbonyl (C=O) groups excluding carboxylic acids is 1. The fourth-order valence-electron chi connectivity index (χ4n) is 3.67. The zero-order valence-corrected chi connectivity index (χ0v) is 18.8. The maximum absolute atomic E-state index is 12.8. The molecule has 0 saturated heterocycles. The van der Waals surface area contributed by atoms with Gasteiger partial charge in [0.15, 0.2) is 5.65 Å². The van der Waals surface area contributed by atoms with Crippen molar-refractivity contribution in [1.29, 1.82) is 0 Å². The van der Waals surface area contributed by atoms with Gasteiger partial charge in [-0.25, -0.2) is 14.6 Å². The Balaban J connectivity index is 1.84. The van der Waals surface area contributed by atoms with E-state index in [9.17, 15) is 4.79 Å². The number of pyridine rings is 1. The summed E-state index contributed by atoms with van der Waals surface area (Å²) >= 11 is 6.56. The van der Waals surface area contributed by atoms with Crippen molar-refractivity contribution in [3.05, 3.63) is 64.3 Å². The maximum atomic E-state index is 12.8. The van der Waals surface area contributed by atoms with Gasteiger partial charge in [0.1, 0.15) is 23.6 Å². The lowest BCUT2D eigenvalue weighted by Crippen LogP contribution is -2.17. The van der Waals surface area contributed by atoms with Crippen molar-refractivity contribution < 1.29 is 9.53 Å². The number of aryl methyl sites for hydroxylation is 1. The van der Waals surface area contributed by atoms with Crippen LogP contribution >= 0.6 is 11.6 Å². The van der Waals surface area contributed by atoms with Crippen molar-refractivity contribution in [2.24, 2.45) is 0 Å². The summed E-state index contributed by atoms with van der Waals surface area (Å²) in [6.45, 7) is 5.61. The first-order valence-electron chi connectivity index (χ1n) is 9.88. The summed E-state index contributed by atoms with van der Waals surface area (Å²) in [5.41, 5.74) is 9.51. The van der Waals surface area contributed by atoms with E-state index in [2.05, 4.69) is 25.4 Å². The first-order valence-corrected chi connectivity index (χ1v) is 10.3. The molecule has 0 aliphatic carbocycles. The quantitative estimate of drug-likeness (QED) is 0.471. The maximum Gasteiger partial charge on any atom is 0.274 e. The third kappa shape index (κ3) is 3.60. The molecule has 9 nitrogen and oxygen atoms in total. The predicted molar refractivity (Wildman–Crippen MR) is 123 cm³/mol. The van der Waals surface area contributed by atoms with Gasteiger partial charge in [-0.1, -0.05) is 17.7 Å². The Morgan fingerprint density at radius 2 is 2.03 bits per heavy atom. The normalized spacial score (nSPS) is 12.0. The van der Waals surface area contributed by atoms with Crippen LogP contribution in [0.1, 0.15) is 40.3 Å². The van der Waals surface area contributed by atoms with Crippen molar-refractivity contribution in [2.45, 2.75) is 26.8 Å². The number of hydrogen-bond donors (Lipinski definition) is 2. The van der Waals surface area contributed by atoms with Gasteiger partial charge in [0.05, 0.1) is 29.9 Å². The number of rotatable bonds is 5. The Morgan fingerprint density at radius 3 is 2.72 bits per heavy atom. The molecule has 0 fully saturated rings. The number of aromatic nitrogens is 5. The van der Waals surface area contributed by atoms with Crippen LogP contribution < -0.4 is 15.8 Å². The number of fused-ring (bicyclic) bond motifs is 1. The molecule has 0 saturated carbocycles. The molecule has 1 aromatic carbocycles. The van der Waals surface area contributed by atoms with Crippen molar-refractivity contribution in [2.75, 3.05) is 18.2 Å². The summed E-state index contributed by atoms with van der Waals surface area (Å²) in [5, 5.41) is 8.70. The van der Waals surface area contributed by atoms with Crippen LogP contribution in [0, 0.1) is 13.8 Å². The van der Waals surface area contributed by atoms with E-state index in [1.807, 2.05) is 26.8 Å². The molecule has 1 amide bonds. The van der Waals surface area contributed by atoms with E-state index in [4.69, 9.17) is 22.1 Å². The summed E-state index contributed by atoms with van der Waals surface area (Å²) < 4.78 is 7.49. The molecule has 3 N–H and O–H groups in total. The van der Waals surface area contributed by atoms with Gasteiger partial charge in [-0.3, -0.25) is 9.78 Å². The molecule has 164 valence electrons. The van der Waals surface area contributed by atoms with Gasteiger partial charge in [0.2, 0.25) is 0 Å². The second-order valence-corrected chi connectivity index (χ2v) is 7.72. The lowest BCUT2D eigenvalue weighted by Gasteiger charge is -2.22. The van der Waals surface area contributed by atoms with Crippen LogP contribution in [0.3, 0.4) is 0 Å². The number of anilines is 2. The van der Waals surface area contributed by atoms with Gasteiger partial charge in [0.25, 0.3) is 5.91 Å². The highest BCUT2D eigenvalue weighted by Gasteiger charge is 2.25. The highest BCUT2D eigenvalue weighted by molar-refractivity contribution is 6.32. The third-order valence-corrected chi connectivity index (χ3v) is 5.75. The molecular weight excluding hydrogens is 430 g/mol. The zero-order chi connectivity index (χ0) is 23.0. The predicted octanol–water partition coefficient (Wildman–Crippen LogP) is 3.94. The summed E-state index contributed by atoms with van der Waals surface area (Å²) in [6, 6.07) is 6.60. The Morgan fingerprint density at radius 1 is 1.25 bits per heavy atom. The third-order valence-electron chi connectivity index (χ3n) is 5.35. The van der Waals surface area contributed by atoms with E-state index < -0.39 is 0 Å². The number of nitrogen functional groups attached to an aromatic ring is 1. The zero-order valence-electron chi connectivity index (χ0n) is 18.0. The summed E-state index contributed by atoms with van der Waals surface area (Å²) in [6.07, 6.45) is 2.96. The summed E-state index contributed by atoms with van der Waals surface area (Å²) in [5.74, 6) is 0.476. The lowest BCUT2D eigenvalue weighted by molar-refractivity contribution is 0.102. The molecule has 32 heavy (non-hydrogen) atoms. The number of halogens is 1. The van der Waals surface area contributed by atoms with Crippen LogP contribution in [0.4, 0.5) is 11.5 Å². The lowest BCUT2D eigenvalue weighted by atomic mass is 10.0. The van der Waals surface area contributed by atoms with Gasteiger partial charge in [-0.05, 0) is 44.5 Å². The molecule has 4 rings (SSSR count). The van der Waals surface area contributed by atoms with Gasteiger partial charge < -0.3 is 15.8 Å². The van der Waals surface area contributed by atoms with Gasteiger partial charge >= 0.3 is 0 Å². The number of hydrogen-bond acceptors (Lipinski definition) is 7. The standard InChI is InChI=1S/C22H22ClN7O2/c1-11-15(23)9-14(13(3)30-21-17(12(2)29-30)20(24)26-10-27-21)19(32-4)18(11)28-22(31)16-7-5-6-8-25-16/h5-10,13H,1-4H3,(H,28,31)(H2,24,26,27). The fourth-order valence-corrected chi connectivity index (χ4v) is 3.88. The average molecular weight is 452 g/mol. The van der Waals surface area contributed by atoms with Crippen LogP contribution in [0.5, 0.6) is 5.75 Å². The summed E-state index contributed by atoms with van der Waals surface area (Å²) in [7, 11) is 1.54. The molecule has 3 heterocycles. The number of carbonyl (C=O) groups is 1. The Hall–Kier alpha value is -3.72. The van der Waals surface area contributed by atoms with Crippen LogP contribution in [0.15, 0.2) is 36.8 Å². The first-order chi connectivity index (χ1) is 15.3. The number of nitrogens with zero attached hydrogens (tertiary/aromatic N) is 5. The second-order valence-electron chi connectivity index (χ2n) is 7.31. The molecular formula is C22H22ClN7O2. The minimum Gasteiger partial charge on any atom is -0.494 e. The van der Waals surface area contributed by atoms with E-state index in [-0.39, 0.29) is 17.6 Å². The largest absolute Gasteiger partial charge is 0.494 e. The van der Waals surface area contributed by atoms with E-state index in [0.29, 0.717) is 44.6 Å². The first kappa shape index (κ1) is 21.5. The average Bonchev–Trinajstić information content (AvgIpc) is 3.14. The van der Waals surface area contributed by atoms with Crippen LogP contribution in [0.25, 0.3) is 11.0 Å². The molecule has 1 unspecified atom stereocenters. The minimum atomic E-state index is -0.367. The van der Waals surface area contributed by atoms with Gasteiger partial charge in [-0.2, -0.15) is 5.10 Å². The molecule has 0 aliphatic rings. The van der Waals surface area contributed by atoms with Gasteiger partial charge in [-0.15, -0.1) is 0 Å². The molecule has 0 aliphatic heterocycles. The van der Waals surface area contributed by atoms with Crippen LogP contribution in [-0.4, -0.2) is 37.7 Å². The monoisotopic (exact) mass is 451 g/mol. The number of amides is 1. The number of nitrogens with one attached hydrogen (secondary N) is 1. The van der Waals surface area contributed by atoms with Crippen LogP contribution in [0.2, 0.25) is 5.02 Å². The van der Waals surface area contributed by atoms with Crippen molar-refractivity contribution in [3.63, 3.8) is 0 Å². The second kappa shape index (κ2) is 8.43. The molecule has 4 aromatic rings. The van der Waals surface area contributed by atoms with E-state index in [0.717, 1.165) is 5.56 Å². The Labute approximate surface area is 189 Å². The number of benzene rings is 1. The number of ether oxygens (including phenoxy) is 1. The van der Waals surface area contributed by atoms with Crippen molar-refractivity contribution >= 4 is 40.0 Å². The molecule has 0 bridgehead atoms. The molecule has 3 aromatic heterocycles. The topological polar surface area (TPSA) is 121 Å². The molecule has 1 atom stereocenters. The van der Waals surface area contributed by atoms with Gasteiger partial charge in [0, 0.05) is 16.8 Å². The minimum absolute atomic E-state index is 0.282.